The number of aromatic nitrogens is 1. The highest BCUT2D eigenvalue weighted by atomic mass is 79.9. The van der Waals surface area contributed by atoms with Gasteiger partial charge in [-0.2, -0.15) is 0 Å². The zero-order chi connectivity index (χ0) is 11.0. The summed E-state index contributed by atoms with van der Waals surface area (Å²) in [5.41, 5.74) is 1.07. The number of ether oxygens (including phenoxy) is 1. The first-order valence-corrected chi connectivity index (χ1v) is 6.81. The second-order valence-electron chi connectivity index (χ2n) is 3.75. The molecule has 2 aromatic rings. The number of nitrogens with one attached hydrogen (secondary N) is 1. The van der Waals surface area contributed by atoms with Gasteiger partial charge >= 0.3 is 0 Å². The number of nitrogens with zero attached hydrogens (tertiary/aromatic N) is 1. The van der Waals surface area contributed by atoms with E-state index in [4.69, 9.17) is 4.74 Å². The Morgan fingerprint density at radius 1 is 1.50 bits per heavy atom. The van der Waals surface area contributed by atoms with Crippen LogP contribution in [0.15, 0.2) is 22.7 Å². The van der Waals surface area contributed by atoms with Gasteiger partial charge in [0.2, 0.25) is 0 Å². The molecule has 0 radical (unpaired) electrons. The molecule has 1 aromatic carbocycles. The van der Waals surface area contributed by atoms with Gasteiger partial charge in [-0.1, -0.05) is 15.9 Å². The Bertz CT molecular complexity index is 508. The van der Waals surface area contributed by atoms with Crippen molar-refractivity contribution >= 4 is 37.5 Å². The minimum atomic E-state index is 0.255. The van der Waals surface area contributed by atoms with E-state index in [1.54, 1.807) is 11.3 Å². The predicted molar refractivity (Wildman–Crippen MR) is 68.9 cm³/mol. The van der Waals surface area contributed by atoms with E-state index in [9.17, 15) is 0 Å². The molecule has 0 bridgehead atoms. The fraction of sp³-hybridized carbons (Fsp3) is 0.364. The smallest absolute Gasteiger partial charge is 0.113 e. The largest absolute Gasteiger partial charge is 0.378 e. The molecule has 0 amide bonds. The van der Waals surface area contributed by atoms with Crippen molar-refractivity contribution in [2.45, 2.75) is 6.04 Å². The molecule has 5 heteroatoms. The van der Waals surface area contributed by atoms with Crippen molar-refractivity contribution in [1.29, 1.82) is 0 Å². The first kappa shape index (κ1) is 10.7. The highest BCUT2D eigenvalue weighted by Crippen LogP contribution is 2.29. The summed E-state index contributed by atoms with van der Waals surface area (Å²) in [5, 5.41) is 4.54. The van der Waals surface area contributed by atoms with Crippen LogP contribution in [0.5, 0.6) is 0 Å². The van der Waals surface area contributed by atoms with Crippen molar-refractivity contribution < 1.29 is 4.74 Å². The van der Waals surface area contributed by atoms with E-state index in [1.165, 1.54) is 4.70 Å². The van der Waals surface area contributed by atoms with Crippen LogP contribution in [0.4, 0.5) is 0 Å². The first-order chi connectivity index (χ1) is 7.83. The van der Waals surface area contributed by atoms with Crippen LogP contribution >= 0.6 is 27.3 Å². The van der Waals surface area contributed by atoms with Crippen LogP contribution in [0.25, 0.3) is 10.2 Å². The number of fused-ring (bicyclic) bond motifs is 1. The van der Waals surface area contributed by atoms with Crippen molar-refractivity contribution in [3.05, 3.63) is 27.7 Å². The molecule has 0 spiro atoms. The third kappa shape index (κ3) is 2.00. The number of benzene rings is 1. The zero-order valence-electron chi connectivity index (χ0n) is 8.57. The molecule has 84 valence electrons. The van der Waals surface area contributed by atoms with Gasteiger partial charge in [-0.15, -0.1) is 11.3 Å². The lowest BCUT2D eigenvalue weighted by molar-refractivity contribution is 0.0768. The van der Waals surface area contributed by atoms with Gasteiger partial charge in [0.15, 0.2) is 0 Å². The van der Waals surface area contributed by atoms with Crippen molar-refractivity contribution in [1.82, 2.24) is 10.3 Å². The lowest BCUT2D eigenvalue weighted by Crippen LogP contribution is -2.34. The molecule has 0 aliphatic carbocycles. The number of halogens is 1. The maximum Gasteiger partial charge on any atom is 0.113 e. The van der Waals surface area contributed by atoms with Gasteiger partial charge < -0.3 is 10.1 Å². The quantitative estimate of drug-likeness (QED) is 0.879. The Kier molecular flexibility index (Phi) is 2.93. The summed E-state index contributed by atoms with van der Waals surface area (Å²) in [7, 11) is 0. The monoisotopic (exact) mass is 298 g/mol. The molecule has 1 N–H and O–H groups in total. The van der Waals surface area contributed by atoms with Gasteiger partial charge in [0.05, 0.1) is 29.5 Å². The van der Waals surface area contributed by atoms with Crippen molar-refractivity contribution in [2.24, 2.45) is 0 Å². The molecule has 0 saturated carbocycles. The third-order valence-electron chi connectivity index (χ3n) is 2.59. The predicted octanol–water partition coefficient (Wildman–Crippen LogP) is 2.72. The molecular formula is C11H11BrN2OS. The highest BCUT2D eigenvalue weighted by Gasteiger charge is 2.18. The summed E-state index contributed by atoms with van der Waals surface area (Å²) < 4.78 is 7.77. The van der Waals surface area contributed by atoms with Crippen molar-refractivity contribution in [3.8, 4) is 0 Å². The minimum Gasteiger partial charge on any atom is -0.378 e. The van der Waals surface area contributed by atoms with Gasteiger partial charge in [-0.25, -0.2) is 4.98 Å². The second kappa shape index (κ2) is 4.41. The molecule has 1 aliphatic heterocycles. The van der Waals surface area contributed by atoms with Crippen LogP contribution in [0.1, 0.15) is 11.0 Å². The van der Waals surface area contributed by atoms with Crippen molar-refractivity contribution in [3.63, 3.8) is 0 Å². The molecule has 3 nitrogen and oxygen atoms in total. The van der Waals surface area contributed by atoms with Gasteiger partial charge in [0.1, 0.15) is 5.01 Å². The summed E-state index contributed by atoms with van der Waals surface area (Å²) in [5.74, 6) is 0. The van der Waals surface area contributed by atoms with Gasteiger partial charge in [0.25, 0.3) is 0 Å². The lowest BCUT2D eigenvalue weighted by Gasteiger charge is -2.21. The zero-order valence-corrected chi connectivity index (χ0v) is 11.0. The Balaban J connectivity index is 1.97. The molecule has 2 heterocycles. The summed E-state index contributed by atoms with van der Waals surface area (Å²) in [6.07, 6.45) is 0. The molecule has 1 fully saturated rings. The van der Waals surface area contributed by atoms with Crippen LogP contribution in [-0.2, 0) is 4.74 Å². The topological polar surface area (TPSA) is 34.1 Å². The van der Waals surface area contributed by atoms with Crippen LogP contribution in [0, 0.1) is 0 Å². The van der Waals surface area contributed by atoms with E-state index in [-0.39, 0.29) is 6.04 Å². The standard InChI is InChI=1S/C11H11BrN2OS/c12-7-1-2-8-10(5-7)16-11(14-8)9-6-15-4-3-13-9/h1-2,5,9,13H,3-4,6H2. The summed E-state index contributed by atoms with van der Waals surface area (Å²) in [4.78, 5) is 4.63. The number of morpholine rings is 1. The Labute approximate surface area is 106 Å². The molecule has 1 unspecified atom stereocenters. The maximum absolute atomic E-state index is 5.45. The Hall–Kier alpha value is -0.490. The van der Waals surface area contributed by atoms with E-state index in [0.29, 0.717) is 0 Å². The average molecular weight is 299 g/mol. The summed E-state index contributed by atoms with van der Waals surface area (Å²) in [6.45, 7) is 2.43. The number of rotatable bonds is 1. The van der Waals surface area contributed by atoms with Gasteiger partial charge in [-0.3, -0.25) is 0 Å². The average Bonchev–Trinajstić information content (AvgIpc) is 2.73. The number of hydrogen-bond donors (Lipinski definition) is 1. The van der Waals surface area contributed by atoms with Crippen LogP contribution in [0.3, 0.4) is 0 Å². The van der Waals surface area contributed by atoms with Crippen LogP contribution in [-0.4, -0.2) is 24.7 Å². The van der Waals surface area contributed by atoms with Crippen molar-refractivity contribution in [2.75, 3.05) is 19.8 Å². The third-order valence-corrected chi connectivity index (χ3v) is 4.21. The van der Waals surface area contributed by atoms with Crippen LogP contribution in [0.2, 0.25) is 0 Å². The van der Waals surface area contributed by atoms with Gasteiger partial charge in [0, 0.05) is 11.0 Å². The maximum atomic E-state index is 5.45. The van der Waals surface area contributed by atoms with E-state index >= 15 is 0 Å². The molecule has 3 rings (SSSR count). The highest BCUT2D eigenvalue weighted by molar-refractivity contribution is 9.10. The van der Waals surface area contributed by atoms with E-state index in [2.05, 4.69) is 32.3 Å². The summed E-state index contributed by atoms with van der Waals surface area (Å²) >= 11 is 5.21. The fourth-order valence-corrected chi connectivity index (χ4v) is 3.37. The Morgan fingerprint density at radius 3 is 3.25 bits per heavy atom. The number of hydrogen-bond acceptors (Lipinski definition) is 4. The van der Waals surface area contributed by atoms with E-state index in [0.717, 1.165) is 34.8 Å². The fourth-order valence-electron chi connectivity index (χ4n) is 1.79. The van der Waals surface area contributed by atoms with Gasteiger partial charge in [-0.05, 0) is 18.2 Å². The van der Waals surface area contributed by atoms with Crippen LogP contribution < -0.4 is 5.32 Å². The second-order valence-corrected chi connectivity index (χ2v) is 5.72. The lowest BCUT2D eigenvalue weighted by atomic mass is 10.3. The molecular weight excluding hydrogens is 288 g/mol. The number of thiazole rings is 1. The Morgan fingerprint density at radius 2 is 2.44 bits per heavy atom. The molecule has 1 aliphatic rings. The summed E-state index contributed by atoms with van der Waals surface area (Å²) in [6, 6.07) is 6.44. The SMILES string of the molecule is Brc1ccc2nc(C3COCCN3)sc2c1. The minimum absolute atomic E-state index is 0.255. The molecule has 1 saturated heterocycles. The first-order valence-electron chi connectivity index (χ1n) is 5.20. The molecule has 1 atom stereocenters. The van der Waals surface area contributed by atoms with E-state index in [1.807, 2.05) is 12.1 Å². The molecule has 1 aromatic heterocycles. The molecule has 16 heavy (non-hydrogen) atoms. The van der Waals surface area contributed by atoms with E-state index < -0.39 is 0 Å². The normalized spacial score (nSPS) is 21.4.